The molecular formula is C15H20ClN5. The molecule has 3 rings (SSSR count). The molecule has 1 aromatic carbocycles. The second kappa shape index (κ2) is 6.02. The van der Waals surface area contributed by atoms with Crippen molar-refractivity contribution in [3.05, 3.63) is 23.2 Å². The van der Waals surface area contributed by atoms with E-state index in [1.54, 1.807) is 12.1 Å². The third-order valence-corrected chi connectivity index (χ3v) is 4.76. The summed E-state index contributed by atoms with van der Waals surface area (Å²) in [5, 5.41) is 12.9. The number of benzene rings is 1. The maximum Gasteiger partial charge on any atom is 0.183 e. The first-order valence-corrected chi connectivity index (χ1v) is 7.91. The van der Waals surface area contributed by atoms with Gasteiger partial charge >= 0.3 is 0 Å². The number of nitrogens with two attached hydrogens (primary N) is 1. The fraction of sp³-hybridized carbons (Fsp3) is 0.533. The Hall–Kier alpha value is -1.62. The minimum atomic E-state index is 0.353. The van der Waals surface area contributed by atoms with Gasteiger partial charge in [-0.05, 0) is 47.4 Å². The number of rotatable bonds is 3. The maximum atomic E-state index is 6.30. The van der Waals surface area contributed by atoms with Gasteiger partial charge in [0.15, 0.2) is 5.82 Å². The smallest absolute Gasteiger partial charge is 0.183 e. The van der Waals surface area contributed by atoms with Crippen LogP contribution in [-0.4, -0.2) is 20.2 Å². The fourth-order valence-electron chi connectivity index (χ4n) is 3.29. The monoisotopic (exact) mass is 305 g/mol. The average molecular weight is 306 g/mol. The van der Waals surface area contributed by atoms with Crippen molar-refractivity contribution in [2.75, 3.05) is 5.73 Å². The zero-order valence-electron chi connectivity index (χ0n) is 12.2. The standard InChI is InChI=1S/C15H20ClN5/c1-2-10-5-3-4-6-14(10)21-15(18-19-20-21)12-9-11(17)7-8-13(12)16/h7-10,14H,2-6,17H2,1H3. The molecule has 0 spiro atoms. The molecule has 2 atom stereocenters. The lowest BCUT2D eigenvalue weighted by molar-refractivity contribution is 0.216. The number of nitrogen functional groups attached to an aromatic ring is 1. The van der Waals surface area contributed by atoms with Gasteiger partial charge in [0, 0.05) is 11.3 Å². The van der Waals surface area contributed by atoms with Crippen LogP contribution in [0.2, 0.25) is 5.02 Å². The summed E-state index contributed by atoms with van der Waals surface area (Å²) in [5.74, 6) is 1.35. The number of halogens is 1. The molecule has 1 aliphatic carbocycles. The number of aromatic nitrogens is 4. The normalized spacial score (nSPS) is 22.4. The summed E-state index contributed by atoms with van der Waals surface area (Å²) in [6.45, 7) is 2.24. The van der Waals surface area contributed by atoms with Gasteiger partial charge in [0.25, 0.3) is 0 Å². The quantitative estimate of drug-likeness (QED) is 0.877. The van der Waals surface area contributed by atoms with E-state index in [0.717, 1.165) is 24.2 Å². The van der Waals surface area contributed by atoms with Crippen molar-refractivity contribution >= 4 is 17.3 Å². The predicted octanol–water partition coefficient (Wildman–Crippen LogP) is 3.72. The molecule has 6 heteroatoms. The summed E-state index contributed by atoms with van der Waals surface area (Å²) >= 11 is 6.30. The first kappa shape index (κ1) is 14.3. The van der Waals surface area contributed by atoms with Gasteiger partial charge in [-0.2, -0.15) is 0 Å². The van der Waals surface area contributed by atoms with Crippen LogP contribution in [-0.2, 0) is 0 Å². The molecule has 1 aromatic heterocycles. The van der Waals surface area contributed by atoms with Gasteiger partial charge in [-0.1, -0.05) is 37.8 Å². The topological polar surface area (TPSA) is 69.6 Å². The Morgan fingerprint density at radius 1 is 1.33 bits per heavy atom. The molecule has 1 heterocycles. The molecular weight excluding hydrogens is 286 g/mol. The zero-order valence-corrected chi connectivity index (χ0v) is 12.9. The largest absolute Gasteiger partial charge is 0.399 e. The van der Waals surface area contributed by atoms with E-state index in [-0.39, 0.29) is 0 Å². The Morgan fingerprint density at radius 2 is 2.14 bits per heavy atom. The zero-order chi connectivity index (χ0) is 14.8. The number of anilines is 1. The number of hydrogen-bond donors (Lipinski definition) is 1. The fourth-order valence-corrected chi connectivity index (χ4v) is 3.50. The van der Waals surface area contributed by atoms with E-state index in [4.69, 9.17) is 17.3 Å². The Balaban J connectivity index is 2.02. The second-order valence-corrected chi connectivity index (χ2v) is 6.11. The molecule has 2 aromatic rings. The number of tetrazole rings is 1. The van der Waals surface area contributed by atoms with Crippen LogP contribution < -0.4 is 5.73 Å². The van der Waals surface area contributed by atoms with Crippen LogP contribution in [0, 0.1) is 5.92 Å². The van der Waals surface area contributed by atoms with Crippen LogP contribution in [0.15, 0.2) is 18.2 Å². The SMILES string of the molecule is CCC1CCCCC1n1nnnc1-c1cc(N)ccc1Cl. The van der Waals surface area contributed by atoms with Gasteiger partial charge in [0.05, 0.1) is 11.1 Å². The van der Waals surface area contributed by atoms with Gasteiger partial charge in [-0.25, -0.2) is 4.68 Å². The van der Waals surface area contributed by atoms with Crippen molar-refractivity contribution in [1.29, 1.82) is 0 Å². The molecule has 5 nitrogen and oxygen atoms in total. The maximum absolute atomic E-state index is 6.30. The summed E-state index contributed by atoms with van der Waals surface area (Å²) in [6, 6.07) is 5.78. The highest BCUT2D eigenvalue weighted by Gasteiger charge is 2.29. The molecule has 21 heavy (non-hydrogen) atoms. The Bertz CT molecular complexity index is 624. The van der Waals surface area contributed by atoms with Gasteiger partial charge in [0.1, 0.15) is 0 Å². The summed E-state index contributed by atoms with van der Waals surface area (Å²) in [7, 11) is 0. The first-order chi connectivity index (χ1) is 10.2. The third-order valence-electron chi connectivity index (χ3n) is 4.43. The molecule has 2 N–H and O–H groups in total. The van der Waals surface area contributed by atoms with Gasteiger partial charge in [-0.3, -0.25) is 0 Å². The molecule has 0 aliphatic heterocycles. The summed E-state index contributed by atoms with van der Waals surface area (Å²) in [4.78, 5) is 0. The van der Waals surface area contributed by atoms with E-state index in [1.807, 2.05) is 10.7 Å². The Morgan fingerprint density at radius 3 is 2.95 bits per heavy atom. The van der Waals surface area contributed by atoms with Gasteiger partial charge in [-0.15, -0.1) is 5.10 Å². The lowest BCUT2D eigenvalue weighted by Gasteiger charge is -2.31. The first-order valence-electron chi connectivity index (χ1n) is 7.54. The number of nitrogens with zero attached hydrogens (tertiary/aromatic N) is 4. The van der Waals surface area contributed by atoms with E-state index in [1.165, 1.54) is 19.3 Å². The van der Waals surface area contributed by atoms with Crippen LogP contribution in [0.3, 0.4) is 0 Å². The van der Waals surface area contributed by atoms with Crippen molar-refractivity contribution in [2.45, 2.75) is 45.1 Å². The highest BCUT2D eigenvalue weighted by Crippen LogP contribution is 2.38. The van der Waals surface area contributed by atoms with E-state index in [0.29, 0.717) is 22.7 Å². The molecule has 112 valence electrons. The van der Waals surface area contributed by atoms with E-state index in [2.05, 4.69) is 22.4 Å². The van der Waals surface area contributed by atoms with Crippen molar-refractivity contribution in [3.8, 4) is 11.4 Å². The van der Waals surface area contributed by atoms with Crippen LogP contribution in [0.1, 0.15) is 45.1 Å². The van der Waals surface area contributed by atoms with Gasteiger partial charge < -0.3 is 5.73 Å². The second-order valence-electron chi connectivity index (χ2n) is 5.71. The molecule has 0 amide bonds. The van der Waals surface area contributed by atoms with Crippen LogP contribution in [0.5, 0.6) is 0 Å². The van der Waals surface area contributed by atoms with Crippen molar-refractivity contribution in [3.63, 3.8) is 0 Å². The lowest BCUT2D eigenvalue weighted by Crippen LogP contribution is -2.24. The highest BCUT2D eigenvalue weighted by molar-refractivity contribution is 6.33. The lowest BCUT2D eigenvalue weighted by atomic mass is 9.83. The predicted molar refractivity (Wildman–Crippen MR) is 84.0 cm³/mol. The van der Waals surface area contributed by atoms with E-state index in [9.17, 15) is 0 Å². The van der Waals surface area contributed by atoms with Crippen LogP contribution in [0.4, 0.5) is 5.69 Å². The minimum absolute atomic E-state index is 0.353. The summed E-state index contributed by atoms with van der Waals surface area (Å²) < 4.78 is 1.95. The molecule has 1 aliphatic rings. The molecule has 0 saturated heterocycles. The van der Waals surface area contributed by atoms with Crippen molar-refractivity contribution in [2.24, 2.45) is 5.92 Å². The molecule has 0 bridgehead atoms. The molecule has 1 fully saturated rings. The molecule has 0 radical (unpaired) electrons. The van der Waals surface area contributed by atoms with Crippen LogP contribution in [0.25, 0.3) is 11.4 Å². The summed E-state index contributed by atoms with van der Waals surface area (Å²) in [6.07, 6.45) is 6.03. The van der Waals surface area contributed by atoms with Crippen molar-refractivity contribution < 1.29 is 0 Å². The third kappa shape index (κ3) is 2.75. The average Bonchev–Trinajstić information content (AvgIpc) is 2.98. The van der Waals surface area contributed by atoms with E-state index >= 15 is 0 Å². The van der Waals surface area contributed by atoms with E-state index < -0.39 is 0 Å². The summed E-state index contributed by atoms with van der Waals surface area (Å²) in [5.41, 5.74) is 7.35. The van der Waals surface area contributed by atoms with Gasteiger partial charge in [0.2, 0.25) is 0 Å². The highest BCUT2D eigenvalue weighted by atomic mass is 35.5. The Kier molecular flexibility index (Phi) is 4.10. The van der Waals surface area contributed by atoms with Crippen molar-refractivity contribution in [1.82, 2.24) is 20.2 Å². The molecule has 2 unspecified atom stereocenters. The molecule has 1 saturated carbocycles. The Labute approximate surface area is 129 Å². The van der Waals surface area contributed by atoms with Crippen LogP contribution >= 0.6 is 11.6 Å². The number of hydrogen-bond acceptors (Lipinski definition) is 4. The minimum Gasteiger partial charge on any atom is -0.399 e.